The van der Waals surface area contributed by atoms with Crippen LogP contribution < -0.4 is 10.6 Å². The molecule has 6 N–H and O–H groups in total. The maximum absolute atomic E-state index is 10.7. The fourth-order valence-electron chi connectivity index (χ4n) is 2.29. The van der Waals surface area contributed by atoms with Crippen LogP contribution in [-0.2, 0) is 25.9 Å². The molecule has 0 aliphatic carbocycles. The third-order valence-corrected chi connectivity index (χ3v) is 3.21. The summed E-state index contributed by atoms with van der Waals surface area (Å²) in [6, 6.07) is 3.45. The van der Waals surface area contributed by atoms with E-state index in [1.807, 2.05) is 0 Å². The number of hydrogen-bond donors (Lipinski definition) is 6. The van der Waals surface area contributed by atoms with Gasteiger partial charge in [0.25, 0.3) is 0 Å². The predicted molar refractivity (Wildman–Crippen MR) is 77.8 cm³/mol. The van der Waals surface area contributed by atoms with E-state index >= 15 is 0 Å². The lowest BCUT2D eigenvalue weighted by molar-refractivity contribution is 0.193. The molecule has 8 heteroatoms. The van der Waals surface area contributed by atoms with Gasteiger partial charge in [-0.3, -0.25) is 0 Å². The summed E-state index contributed by atoms with van der Waals surface area (Å²) < 4.78 is 0. The molecule has 0 aliphatic rings. The van der Waals surface area contributed by atoms with E-state index in [4.69, 9.17) is 15.3 Å². The molecule has 0 radical (unpaired) electrons. The van der Waals surface area contributed by atoms with Crippen LogP contribution >= 0.6 is 0 Å². The van der Waals surface area contributed by atoms with Crippen molar-refractivity contribution in [1.82, 2.24) is 10.6 Å². The molecule has 2 amide bonds. The maximum Gasteiger partial charge on any atom is 0.404 e. The van der Waals surface area contributed by atoms with Crippen LogP contribution in [0.4, 0.5) is 9.59 Å². The quantitative estimate of drug-likeness (QED) is 0.408. The molecule has 0 aliphatic heterocycles. The lowest BCUT2D eigenvalue weighted by Crippen LogP contribution is -2.25. The van der Waals surface area contributed by atoms with E-state index < -0.39 is 12.2 Å². The Morgan fingerprint density at radius 2 is 1.36 bits per heavy atom. The molecule has 1 aromatic carbocycles. The summed E-state index contributed by atoms with van der Waals surface area (Å²) in [4.78, 5) is 21.3. The second-order valence-electron chi connectivity index (χ2n) is 4.61. The van der Waals surface area contributed by atoms with Gasteiger partial charge in [-0.15, -0.1) is 0 Å². The fraction of sp³-hybridized carbons (Fsp3) is 0.429. The molecular formula is C14H20N2O6. The molecule has 0 heterocycles. The number of nitrogens with one attached hydrogen (secondary N) is 2. The number of rotatable bonds is 8. The minimum absolute atomic E-state index is 0.0287. The molecular weight excluding hydrogens is 292 g/mol. The van der Waals surface area contributed by atoms with Crippen LogP contribution in [0.25, 0.3) is 0 Å². The predicted octanol–water partition coefficient (Wildman–Crippen LogP) is 0.291. The Bertz CT molecular complexity index is 532. The average molecular weight is 312 g/mol. The minimum atomic E-state index is -1.18. The molecule has 8 nitrogen and oxygen atoms in total. The standard InChI is InChI=1S/C14H20N2O6/c17-5-3-9-1-2-10(7-15-13(19)20)11(4-6-18)12(9)8-16-14(21)22/h1-2,15-18H,3-8H2,(H,19,20)(H,21,22). The smallest absolute Gasteiger partial charge is 0.404 e. The highest BCUT2D eigenvalue weighted by Gasteiger charge is 2.14. The van der Waals surface area contributed by atoms with Crippen molar-refractivity contribution in [3.8, 4) is 0 Å². The van der Waals surface area contributed by atoms with E-state index in [0.717, 1.165) is 5.56 Å². The van der Waals surface area contributed by atoms with Crippen LogP contribution in [-0.4, -0.2) is 45.8 Å². The highest BCUT2D eigenvalue weighted by Crippen LogP contribution is 2.21. The van der Waals surface area contributed by atoms with E-state index in [-0.39, 0.29) is 32.7 Å². The molecule has 0 atom stereocenters. The molecule has 0 unspecified atom stereocenters. The number of aliphatic hydroxyl groups excluding tert-OH is 2. The van der Waals surface area contributed by atoms with E-state index in [9.17, 15) is 14.7 Å². The third-order valence-electron chi connectivity index (χ3n) is 3.21. The molecule has 122 valence electrons. The Morgan fingerprint density at radius 1 is 0.818 bits per heavy atom. The van der Waals surface area contributed by atoms with Gasteiger partial charge in [0, 0.05) is 26.3 Å². The molecule has 22 heavy (non-hydrogen) atoms. The van der Waals surface area contributed by atoms with Crippen molar-refractivity contribution >= 4 is 12.2 Å². The first-order valence-corrected chi connectivity index (χ1v) is 6.77. The lowest BCUT2D eigenvalue weighted by atomic mass is 9.92. The summed E-state index contributed by atoms with van der Waals surface area (Å²) in [7, 11) is 0. The first kappa shape index (κ1) is 17.7. The van der Waals surface area contributed by atoms with Crippen LogP contribution in [0.3, 0.4) is 0 Å². The van der Waals surface area contributed by atoms with Crippen molar-refractivity contribution in [2.45, 2.75) is 25.9 Å². The second-order valence-corrected chi connectivity index (χ2v) is 4.61. The number of carboxylic acid groups (broad SMARTS) is 2. The monoisotopic (exact) mass is 312 g/mol. The van der Waals surface area contributed by atoms with Crippen LogP contribution in [0.15, 0.2) is 12.1 Å². The minimum Gasteiger partial charge on any atom is -0.465 e. The van der Waals surface area contributed by atoms with Gasteiger partial charge in [0.1, 0.15) is 0 Å². The Hall–Kier alpha value is -2.32. The zero-order valence-electron chi connectivity index (χ0n) is 12.0. The first-order valence-electron chi connectivity index (χ1n) is 6.77. The summed E-state index contributed by atoms with van der Waals surface area (Å²) in [6.45, 7) is -0.154. The van der Waals surface area contributed by atoms with Crippen molar-refractivity contribution in [3.63, 3.8) is 0 Å². The fourth-order valence-corrected chi connectivity index (χ4v) is 2.29. The molecule has 1 aromatic rings. The van der Waals surface area contributed by atoms with Crippen LogP contribution in [0.1, 0.15) is 22.3 Å². The number of aliphatic hydroxyl groups is 2. The van der Waals surface area contributed by atoms with Gasteiger partial charge in [0.2, 0.25) is 0 Å². The molecule has 0 saturated heterocycles. The molecule has 0 spiro atoms. The maximum atomic E-state index is 10.7. The lowest BCUT2D eigenvalue weighted by Gasteiger charge is -2.18. The van der Waals surface area contributed by atoms with E-state index in [2.05, 4.69) is 10.6 Å². The zero-order chi connectivity index (χ0) is 16.5. The Balaban J connectivity index is 3.19. The summed E-state index contributed by atoms with van der Waals surface area (Å²) in [6.07, 6.45) is -1.73. The summed E-state index contributed by atoms with van der Waals surface area (Å²) >= 11 is 0. The summed E-state index contributed by atoms with van der Waals surface area (Å²) in [5.41, 5.74) is 2.78. The van der Waals surface area contributed by atoms with E-state index in [1.165, 1.54) is 0 Å². The molecule has 0 bridgehead atoms. The van der Waals surface area contributed by atoms with Crippen molar-refractivity contribution in [2.24, 2.45) is 0 Å². The van der Waals surface area contributed by atoms with Gasteiger partial charge in [-0.1, -0.05) is 12.1 Å². The normalized spacial score (nSPS) is 10.3. The van der Waals surface area contributed by atoms with Gasteiger partial charge < -0.3 is 31.1 Å². The number of benzene rings is 1. The van der Waals surface area contributed by atoms with Crippen molar-refractivity contribution in [1.29, 1.82) is 0 Å². The van der Waals surface area contributed by atoms with Crippen LogP contribution in [0.5, 0.6) is 0 Å². The Labute approximate surface area is 127 Å². The first-order chi connectivity index (χ1) is 10.5. The summed E-state index contributed by atoms with van der Waals surface area (Å²) in [5.74, 6) is 0. The van der Waals surface area contributed by atoms with Crippen LogP contribution in [0.2, 0.25) is 0 Å². The Morgan fingerprint density at radius 3 is 1.91 bits per heavy atom. The number of hydrogen-bond acceptors (Lipinski definition) is 4. The molecule has 0 aromatic heterocycles. The zero-order valence-corrected chi connectivity index (χ0v) is 12.0. The van der Waals surface area contributed by atoms with Gasteiger partial charge in [0.05, 0.1) is 0 Å². The number of amides is 2. The van der Waals surface area contributed by atoms with Gasteiger partial charge >= 0.3 is 12.2 Å². The average Bonchev–Trinajstić information content (AvgIpc) is 2.45. The van der Waals surface area contributed by atoms with Gasteiger partial charge in [-0.2, -0.15) is 0 Å². The Kier molecular flexibility index (Phi) is 7.14. The highest BCUT2D eigenvalue weighted by molar-refractivity contribution is 5.65. The van der Waals surface area contributed by atoms with Gasteiger partial charge in [-0.05, 0) is 35.1 Å². The topological polar surface area (TPSA) is 139 Å². The molecule has 1 rings (SSSR count). The SMILES string of the molecule is O=C(O)NCc1ccc(CCO)c(CNC(=O)O)c1CCO. The number of carbonyl (C=O) groups is 2. The van der Waals surface area contributed by atoms with Crippen molar-refractivity contribution in [2.75, 3.05) is 13.2 Å². The van der Waals surface area contributed by atoms with Gasteiger partial charge in [0.15, 0.2) is 0 Å². The largest absolute Gasteiger partial charge is 0.465 e. The van der Waals surface area contributed by atoms with Gasteiger partial charge in [-0.25, -0.2) is 9.59 Å². The third kappa shape index (κ3) is 5.23. The van der Waals surface area contributed by atoms with E-state index in [0.29, 0.717) is 23.1 Å². The van der Waals surface area contributed by atoms with E-state index in [1.54, 1.807) is 12.1 Å². The van der Waals surface area contributed by atoms with Crippen LogP contribution in [0, 0.1) is 0 Å². The summed E-state index contributed by atoms with van der Waals surface area (Å²) in [5, 5.41) is 40.3. The van der Waals surface area contributed by atoms with Crippen molar-refractivity contribution < 1.29 is 30.0 Å². The van der Waals surface area contributed by atoms with Crippen molar-refractivity contribution in [3.05, 3.63) is 34.4 Å². The molecule has 0 fully saturated rings. The highest BCUT2D eigenvalue weighted by atomic mass is 16.4. The second kappa shape index (κ2) is 8.85. The molecule has 0 saturated carbocycles.